The van der Waals surface area contributed by atoms with Gasteiger partial charge in [0.05, 0.1) is 22.8 Å². The van der Waals surface area contributed by atoms with Crippen LogP contribution in [-0.4, -0.2) is 29.1 Å². The Balaban J connectivity index is 1.93. The molecule has 2 aromatic rings. The number of para-hydroxylation sites is 1. The average molecular weight is 410 g/mol. The highest BCUT2D eigenvalue weighted by molar-refractivity contribution is 6.00. The number of esters is 1. The maximum Gasteiger partial charge on any atom is 0.310 e. The van der Waals surface area contributed by atoms with Gasteiger partial charge in [-0.3, -0.25) is 19.7 Å². The molecule has 0 heterocycles. The molecule has 156 valence electrons. The van der Waals surface area contributed by atoms with E-state index in [-0.39, 0.29) is 23.5 Å². The summed E-state index contributed by atoms with van der Waals surface area (Å²) in [6.45, 7) is 2.71. The van der Waals surface area contributed by atoms with E-state index in [9.17, 15) is 19.7 Å². The van der Waals surface area contributed by atoms with E-state index in [4.69, 9.17) is 10.1 Å². The number of nitrogens with zero attached hydrogens (tertiary/aromatic N) is 1. The minimum absolute atomic E-state index is 0.129. The highest BCUT2D eigenvalue weighted by Crippen LogP contribution is 2.14. The van der Waals surface area contributed by atoms with Crippen molar-refractivity contribution in [3.05, 3.63) is 81.7 Å². The van der Waals surface area contributed by atoms with Crippen LogP contribution in [0.4, 0.5) is 11.4 Å². The number of non-ortho nitro benzene ring substituents is 1. The van der Waals surface area contributed by atoms with Crippen molar-refractivity contribution in [1.82, 2.24) is 5.32 Å². The molecule has 0 aliphatic carbocycles. The number of allylic oxidation sites excluding steroid dienone is 2. The van der Waals surface area contributed by atoms with E-state index < -0.39 is 23.4 Å². The number of hydrogen-bond acceptors (Lipinski definition) is 7. The van der Waals surface area contributed by atoms with E-state index in [0.717, 1.165) is 5.69 Å². The Morgan fingerprint density at radius 1 is 1.10 bits per heavy atom. The number of nitrogens with one attached hydrogen (secondary N) is 3. The summed E-state index contributed by atoms with van der Waals surface area (Å²) in [4.78, 5) is 34.4. The average Bonchev–Trinajstić information content (AvgIpc) is 2.71. The van der Waals surface area contributed by atoms with Gasteiger partial charge in [0.15, 0.2) is 6.61 Å². The molecule has 0 aromatic heterocycles. The number of nitro benzene ring substituents is 1. The van der Waals surface area contributed by atoms with Crippen LogP contribution in [0.1, 0.15) is 19.4 Å². The maximum atomic E-state index is 12.2. The van der Waals surface area contributed by atoms with E-state index in [0.29, 0.717) is 11.3 Å². The van der Waals surface area contributed by atoms with Crippen molar-refractivity contribution in [3.8, 4) is 0 Å². The fraction of sp³-hybridized carbons (Fsp3) is 0.190. The Morgan fingerprint density at radius 3 is 2.43 bits per heavy atom. The number of benzene rings is 2. The van der Waals surface area contributed by atoms with Gasteiger partial charge in [-0.05, 0) is 31.5 Å². The summed E-state index contributed by atoms with van der Waals surface area (Å²) >= 11 is 0. The van der Waals surface area contributed by atoms with Crippen LogP contribution in [0.15, 0.2) is 66.0 Å². The number of nitro groups is 1. The van der Waals surface area contributed by atoms with Gasteiger partial charge in [0, 0.05) is 23.5 Å². The third-order valence-electron chi connectivity index (χ3n) is 3.95. The fourth-order valence-electron chi connectivity index (χ4n) is 2.59. The molecule has 0 saturated heterocycles. The molecule has 0 aliphatic heterocycles. The van der Waals surface area contributed by atoms with Crippen LogP contribution in [0, 0.1) is 15.5 Å². The molecule has 2 aromatic carbocycles. The molecule has 3 N–H and O–H groups in total. The zero-order valence-corrected chi connectivity index (χ0v) is 16.6. The lowest BCUT2D eigenvalue weighted by Crippen LogP contribution is -2.32. The molecule has 0 bridgehead atoms. The predicted octanol–water partition coefficient (Wildman–Crippen LogP) is 3.18. The number of amides is 1. The fourth-order valence-corrected chi connectivity index (χ4v) is 2.59. The van der Waals surface area contributed by atoms with Crippen molar-refractivity contribution in [3.63, 3.8) is 0 Å². The maximum absolute atomic E-state index is 12.2. The van der Waals surface area contributed by atoms with E-state index in [1.165, 1.54) is 25.1 Å². The quantitative estimate of drug-likeness (QED) is 0.251. The van der Waals surface area contributed by atoms with Crippen molar-refractivity contribution in [2.45, 2.75) is 20.3 Å². The van der Waals surface area contributed by atoms with Crippen LogP contribution in [0.5, 0.6) is 0 Å². The SMILES string of the molecule is CC(=N)/C(NC(=O)COC(=O)Cc1cccc([N+](=O)[O-])c1)=C(/C)Nc1ccccc1. The molecule has 0 atom stereocenters. The molecule has 0 saturated carbocycles. The molecule has 0 fully saturated rings. The zero-order chi connectivity index (χ0) is 22.1. The first kappa shape index (κ1) is 22.3. The molecule has 0 spiro atoms. The summed E-state index contributed by atoms with van der Waals surface area (Å²) in [6.07, 6.45) is -0.199. The first-order valence-electron chi connectivity index (χ1n) is 9.03. The Bertz CT molecular complexity index is 986. The van der Waals surface area contributed by atoms with Crippen LogP contribution < -0.4 is 10.6 Å². The van der Waals surface area contributed by atoms with Crippen LogP contribution in [0.3, 0.4) is 0 Å². The van der Waals surface area contributed by atoms with Crippen molar-refractivity contribution in [2.75, 3.05) is 11.9 Å². The predicted molar refractivity (Wildman–Crippen MR) is 112 cm³/mol. The lowest BCUT2D eigenvalue weighted by Gasteiger charge is -2.15. The summed E-state index contributed by atoms with van der Waals surface area (Å²) in [7, 11) is 0. The van der Waals surface area contributed by atoms with Gasteiger partial charge in [-0.1, -0.05) is 30.3 Å². The largest absolute Gasteiger partial charge is 0.455 e. The highest BCUT2D eigenvalue weighted by atomic mass is 16.6. The normalized spacial score (nSPS) is 11.1. The van der Waals surface area contributed by atoms with E-state index >= 15 is 0 Å². The van der Waals surface area contributed by atoms with E-state index in [2.05, 4.69) is 10.6 Å². The van der Waals surface area contributed by atoms with Crippen LogP contribution in [0.2, 0.25) is 0 Å². The molecule has 9 heteroatoms. The molecular formula is C21H22N4O5. The second kappa shape index (κ2) is 10.5. The summed E-state index contributed by atoms with van der Waals surface area (Å²) in [6, 6.07) is 14.9. The molecule has 0 radical (unpaired) electrons. The van der Waals surface area contributed by atoms with Gasteiger partial charge in [0.1, 0.15) is 0 Å². The number of carbonyl (C=O) groups excluding carboxylic acids is 2. The van der Waals surface area contributed by atoms with Crippen LogP contribution in [0.25, 0.3) is 0 Å². The van der Waals surface area contributed by atoms with Gasteiger partial charge in [0.2, 0.25) is 0 Å². The van der Waals surface area contributed by atoms with Gasteiger partial charge in [-0.25, -0.2) is 0 Å². The second-order valence-corrected chi connectivity index (χ2v) is 6.43. The van der Waals surface area contributed by atoms with Crippen molar-refractivity contribution >= 4 is 29.0 Å². The number of anilines is 1. The van der Waals surface area contributed by atoms with Gasteiger partial charge in [0.25, 0.3) is 11.6 Å². The van der Waals surface area contributed by atoms with Gasteiger partial charge >= 0.3 is 5.97 Å². The monoisotopic (exact) mass is 410 g/mol. The minimum atomic E-state index is -0.693. The van der Waals surface area contributed by atoms with Gasteiger partial charge in [-0.15, -0.1) is 0 Å². The highest BCUT2D eigenvalue weighted by Gasteiger charge is 2.14. The topological polar surface area (TPSA) is 134 Å². The standard InChI is InChI=1S/C21H22N4O5/c1-14(22)21(15(2)23-17-8-4-3-5-9-17)24-19(26)13-30-20(27)12-16-7-6-10-18(11-16)25(28)29/h3-11,22-23H,12-13H2,1-2H3,(H,24,26)/b21-15+,22-14?. The molecule has 2 rings (SSSR count). The Labute approximate surface area is 173 Å². The molecule has 1 amide bonds. The smallest absolute Gasteiger partial charge is 0.310 e. The first-order chi connectivity index (χ1) is 14.3. The van der Waals surface area contributed by atoms with Gasteiger partial charge in [-0.2, -0.15) is 0 Å². The van der Waals surface area contributed by atoms with Crippen molar-refractivity contribution in [1.29, 1.82) is 5.41 Å². The number of carbonyl (C=O) groups is 2. The number of ether oxygens (including phenoxy) is 1. The number of rotatable bonds is 9. The summed E-state index contributed by atoms with van der Waals surface area (Å²) < 4.78 is 4.95. The third kappa shape index (κ3) is 6.86. The molecule has 9 nitrogen and oxygen atoms in total. The number of hydrogen-bond donors (Lipinski definition) is 3. The molecule has 0 aliphatic rings. The Kier molecular flexibility index (Phi) is 7.81. The van der Waals surface area contributed by atoms with Crippen molar-refractivity contribution < 1.29 is 19.2 Å². The second-order valence-electron chi connectivity index (χ2n) is 6.43. The van der Waals surface area contributed by atoms with E-state index in [1.54, 1.807) is 13.0 Å². The van der Waals surface area contributed by atoms with Gasteiger partial charge < -0.3 is 20.8 Å². The Morgan fingerprint density at radius 2 is 1.80 bits per heavy atom. The molecule has 30 heavy (non-hydrogen) atoms. The lowest BCUT2D eigenvalue weighted by molar-refractivity contribution is -0.384. The van der Waals surface area contributed by atoms with Crippen LogP contribution >= 0.6 is 0 Å². The molecule has 0 unspecified atom stereocenters. The third-order valence-corrected chi connectivity index (χ3v) is 3.95. The zero-order valence-electron chi connectivity index (χ0n) is 16.6. The first-order valence-corrected chi connectivity index (χ1v) is 9.03. The van der Waals surface area contributed by atoms with E-state index in [1.807, 2.05) is 30.3 Å². The summed E-state index contributed by atoms with van der Waals surface area (Å²) in [5, 5.41) is 24.3. The van der Waals surface area contributed by atoms with Crippen LogP contribution in [-0.2, 0) is 20.7 Å². The summed E-state index contributed by atoms with van der Waals surface area (Å²) in [5.74, 6) is -1.29. The lowest BCUT2D eigenvalue weighted by atomic mass is 10.1. The minimum Gasteiger partial charge on any atom is -0.455 e. The van der Waals surface area contributed by atoms with Crippen molar-refractivity contribution in [2.24, 2.45) is 0 Å². The summed E-state index contributed by atoms with van der Waals surface area (Å²) in [5.41, 5.74) is 2.05. The Hall–Kier alpha value is -4.01. The molecular weight excluding hydrogens is 388 g/mol.